The molecule has 0 aliphatic heterocycles. The lowest BCUT2D eigenvalue weighted by atomic mass is 9.96. The van der Waals surface area contributed by atoms with Crippen LogP contribution in [0.25, 0.3) is 0 Å². The molecular weight excluding hydrogens is 268 g/mol. The summed E-state index contributed by atoms with van der Waals surface area (Å²) in [7, 11) is -3.34. The molecule has 2 fully saturated rings. The minimum Gasteiger partial charge on any atom is -0.326 e. The van der Waals surface area contributed by atoms with E-state index in [0.717, 1.165) is 17.2 Å². The molecule has 3 atom stereocenters. The molecule has 2 aliphatic rings. The number of rotatable bonds is 4. The van der Waals surface area contributed by atoms with Crippen LogP contribution in [0, 0.1) is 11.8 Å². The summed E-state index contributed by atoms with van der Waals surface area (Å²) in [6.45, 7) is 0.397. The SMILES string of the molecule is NCc1ccc(S(=O)(=O)NC2CC3CCC2C3)s1. The van der Waals surface area contributed by atoms with Crippen LogP contribution >= 0.6 is 11.3 Å². The van der Waals surface area contributed by atoms with E-state index in [1.165, 1.54) is 30.6 Å². The minimum atomic E-state index is -3.34. The van der Waals surface area contributed by atoms with Crippen LogP contribution in [0.15, 0.2) is 16.3 Å². The zero-order chi connectivity index (χ0) is 12.8. The predicted molar refractivity (Wildman–Crippen MR) is 71.8 cm³/mol. The van der Waals surface area contributed by atoms with Gasteiger partial charge < -0.3 is 5.73 Å². The van der Waals surface area contributed by atoms with Crippen molar-refractivity contribution in [3.05, 3.63) is 17.0 Å². The Hall–Kier alpha value is -0.430. The van der Waals surface area contributed by atoms with Crippen LogP contribution in [0.4, 0.5) is 0 Å². The Morgan fingerprint density at radius 1 is 1.33 bits per heavy atom. The quantitative estimate of drug-likeness (QED) is 0.884. The maximum absolute atomic E-state index is 12.3. The first-order chi connectivity index (χ1) is 8.58. The molecule has 2 bridgehead atoms. The third-order valence-electron chi connectivity index (χ3n) is 4.15. The summed E-state index contributed by atoms with van der Waals surface area (Å²) >= 11 is 1.27. The van der Waals surface area contributed by atoms with E-state index in [9.17, 15) is 8.42 Å². The molecule has 18 heavy (non-hydrogen) atoms. The summed E-state index contributed by atoms with van der Waals surface area (Å²) < 4.78 is 27.8. The standard InChI is InChI=1S/C12H18N2O2S2/c13-7-10-3-4-12(17-10)18(15,16)14-11-6-8-1-2-9(11)5-8/h3-4,8-9,11,14H,1-2,5-7,13H2. The van der Waals surface area contributed by atoms with Gasteiger partial charge in [-0.2, -0.15) is 0 Å². The first kappa shape index (κ1) is 12.6. The average molecular weight is 286 g/mol. The van der Waals surface area contributed by atoms with Crippen LogP contribution in [0.5, 0.6) is 0 Å². The van der Waals surface area contributed by atoms with E-state index >= 15 is 0 Å². The Morgan fingerprint density at radius 2 is 2.17 bits per heavy atom. The molecule has 3 N–H and O–H groups in total. The highest BCUT2D eigenvalue weighted by atomic mass is 32.2. The minimum absolute atomic E-state index is 0.150. The highest BCUT2D eigenvalue weighted by Gasteiger charge is 2.41. The molecule has 2 saturated carbocycles. The number of nitrogens with one attached hydrogen (secondary N) is 1. The van der Waals surface area contributed by atoms with Gasteiger partial charge >= 0.3 is 0 Å². The van der Waals surface area contributed by atoms with E-state index in [4.69, 9.17) is 5.73 Å². The molecule has 0 radical (unpaired) electrons. The van der Waals surface area contributed by atoms with E-state index in [0.29, 0.717) is 16.7 Å². The zero-order valence-corrected chi connectivity index (χ0v) is 11.8. The fourth-order valence-corrected chi connectivity index (χ4v) is 5.83. The second-order valence-electron chi connectivity index (χ2n) is 5.33. The number of hydrogen-bond acceptors (Lipinski definition) is 4. The monoisotopic (exact) mass is 286 g/mol. The van der Waals surface area contributed by atoms with Gasteiger partial charge in [0, 0.05) is 17.5 Å². The summed E-state index contributed by atoms with van der Waals surface area (Å²) in [6, 6.07) is 3.60. The van der Waals surface area contributed by atoms with Crippen molar-refractivity contribution in [2.24, 2.45) is 17.6 Å². The molecule has 6 heteroatoms. The van der Waals surface area contributed by atoms with Crippen LogP contribution < -0.4 is 10.5 Å². The maximum Gasteiger partial charge on any atom is 0.250 e. The van der Waals surface area contributed by atoms with Crippen molar-refractivity contribution in [1.29, 1.82) is 0 Å². The average Bonchev–Trinajstić information content (AvgIpc) is 3.04. The molecule has 3 unspecified atom stereocenters. The Morgan fingerprint density at radius 3 is 2.72 bits per heavy atom. The molecule has 0 spiro atoms. The van der Waals surface area contributed by atoms with Crippen molar-refractivity contribution in [2.45, 2.75) is 42.5 Å². The normalized spacial score (nSPS) is 31.1. The summed E-state index contributed by atoms with van der Waals surface area (Å²) in [6.07, 6.45) is 4.67. The van der Waals surface area contributed by atoms with E-state index in [1.54, 1.807) is 12.1 Å². The smallest absolute Gasteiger partial charge is 0.250 e. The Balaban J connectivity index is 1.75. The Kier molecular flexibility index (Phi) is 3.21. The third-order valence-corrected chi connectivity index (χ3v) is 7.24. The summed E-state index contributed by atoms with van der Waals surface area (Å²) in [5.74, 6) is 1.30. The first-order valence-electron chi connectivity index (χ1n) is 6.39. The number of thiophene rings is 1. The second-order valence-corrected chi connectivity index (χ2v) is 8.44. The van der Waals surface area contributed by atoms with Crippen molar-refractivity contribution in [3.8, 4) is 0 Å². The summed E-state index contributed by atoms with van der Waals surface area (Å²) in [5.41, 5.74) is 5.51. The fraction of sp³-hybridized carbons (Fsp3) is 0.667. The first-order valence-corrected chi connectivity index (χ1v) is 8.69. The van der Waals surface area contributed by atoms with E-state index in [-0.39, 0.29) is 6.04 Å². The number of nitrogens with two attached hydrogens (primary N) is 1. The predicted octanol–water partition coefficient (Wildman–Crippen LogP) is 1.67. The molecule has 1 heterocycles. The molecule has 1 aromatic rings. The number of sulfonamides is 1. The summed E-state index contributed by atoms with van der Waals surface area (Å²) in [5, 5.41) is 0. The van der Waals surface area contributed by atoms with Gasteiger partial charge in [0.15, 0.2) is 0 Å². The van der Waals surface area contributed by atoms with Crippen molar-refractivity contribution >= 4 is 21.4 Å². The fourth-order valence-electron chi connectivity index (χ4n) is 3.26. The van der Waals surface area contributed by atoms with Gasteiger partial charge in [0.25, 0.3) is 0 Å². The molecule has 0 aromatic carbocycles. The van der Waals surface area contributed by atoms with Crippen molar-refractivity contribution < 1.29 is 8.42 Å². The van der Waals surface area contributed by atoms with Gasteiger partial charge in [0.1, 0.15) is 4.21 Å². The lowest BCUT2D eigenvalue weighted by Gasteiger charge is -2.22. The molecule has 0 saturated heterocycles. The van der Waals surface area contributed by atoms with E-state index in [1.807, 2.05) is 0 Å². The maximum atomic E-state index is 12.3. The van der Waals surface area contributed by atoms with Gasteiger partial charge in [-0.25, -0.2) is 13.1 Å². The highest BCUT2D eigenvalue weighted by molar-refractivity contribution is 7.91. The van der Waals surface area contributed by atoms with Gasteiger partial charge in [-0.05, 0) is 43.2 Å². The van der Waals surface area contributed by atoms with Gasteiger partial charge in [0.2, 0.25) is 10.0 Å². The van der Waals surface area contributed by atoms with Gasteiger partial charge in [-0.3, -0.25) is 0 Å². The summed E-state index contributed by atoms with van der Waals surface area (Å²) in [4.78, 5) is 0.906. The largest absolute Gasteiger partial charge is 0.326 e. The van der Waals surface area contributed by atoms with Crippen LogP contribution in [-0.2, 0) is 16.6 Å². The molecule has 3 rings (SSSR count). The van der Waals surface area contributed by atoms with Crippen LogP contribution in [0.2, 0.25) is 0 Å². The van der Waals surface area contributed by atoms with Crippen molar-refractivity contribution in [1.82, 2.24) is 4.72 Å². The molecule has 100 valence electrons. The van der Waals surface area contributed by atoms with E-state index in [2.05, 4.69) is 4.72 Å². The third kappa shape index (κ3) is 2.22. The lowest BCUT2D eigenvalue weighted by molar-refractivity contribution is 0.390. The van der Waals surface area contributed by atoms with Crippen LogP contribution in [0.1, 0.15) is 30.6 Å². The Bertz CT molecular complexity index is 538. The molecular formula is C12H18N2O2S2. The molecule has 0 amide bonds. The Labute approximate surface area is 112 Å². The highest BCUT2D eigenvalue weighted by Crippen LogP contribution is 2.44. The van der Waals surface area contributed by atoms with E-state index < -0.39 is 10.0 Å². The zero-order valence-electron chi connectivity index (χ0n) is 10.1. The number of fused-ring (bicyclic) bond motifs is 2. The number of hydrogen-bond donors (Lipinski definition) is 2. The van der Waals surface area contributed by atoms with Gasteiger partial charge in [-0.1, -0.05) is 6.42 Å². The van der Waals surface area contributed by atoms with Crippen LogP contribution in [-0.4, -0.2) is 14.5 Å². The topological polar surface area (TPSA) is 72.2 Å². The van der Waals surface area contributed by atoms with Gasteiger partial charge in [-0.15, -0.1) is 11.3 Å². The van der Waals surface area contributed by atoms with Crippen molar-refractivity contribution in [3.63, 3.8) is 0 Å². The van der Waals surface area contributed by atoms with Crippen LogP contribution in [0.3, 0.4) is 0 Å². The molecule has 1 aromatic heterocycles. The second kappa shape index (κ2) is 4.59. The lowest BCUT2D eigenvalue weighted by Crippen LogP contribution is -2.38. The molecule has 4 nitrogen and oxygen atoms in total. The van der Waals surface area contributed by atoms with Gasteiger partial charge in [0.05, 0.1) is 0 Å². The van der Waals surface area contributed by atoms with Crippen molar-refractivity contribution in [2.75, 3.05) is 0 Å². The molecule has 2 aliphatic carbocycles.